The van der Waals surface area contributed by atoms with Crippen LogP contribution in [0.25, 0.3) is 10.2 Å². The maximum Gasteiger partial charge on any atom is 0.321 e. The van der Waals surface area contributed by atoms with Crippen molar-refractivity contribution in [1.82, 2.24) is 20.2 Å². The zero-order valence-corrected chi connectivity index (χ0v) is 19.7. The highest BCUT2D eigenvalue weighted by Crippen LogP contribution is 2.28. The molecule has 0 unspecified atom stereocenters. The molecule has 0 aliphatic carbocycles. The van der Waals surface area contributed by atoms with Gasteiger partial charge in [0.1, 0.15) is 10.6 Å². The van der Waals surface area contributed by atoms with Gasteiger partial charge in [-0.25, -0.2) is 9.78 Å². The number of furan rings is 1. The van der Waals surface area contributed by atoms with Gasteiger partial charge in [0.15, 0.2) is 5.16 Å². The van der Waals surface area contributed by atoms with Crippen molar-refractivity contribution in [1.29, 1.82) is 0 Å². The number of benzene rings is 1. The van der Waals surface area contributed by atoms with E-state index in [1.54, 1.807) is 16.7 Å². The molecule has 0 saturated heterocycles. The summed E-state index contributed by atoms with van der Waals surface area (Å²) in [5.74, 6) is 0.0246. The first kappa shape index (κ1) is 22.8. The number of thiophene rings is 1. The number of nitrogens with zero attached hydrogens (tertiary/aromatic N) is 2. The lowest BCUT2D eigenvalue weighted by Crippen LogP contribution is -2.40. The van der Waals surface area contributed by atoms with Crippen molar-refractivity contribution in [2.24, 2.45) is 0 Å². The lowest BCUT2D eigenvalue weighted by Gasteiger charge is -2.12. The Morgan fingerprint density at radius 1 is 1.15 bits per heavy atom. The Labute approximate surface area is 198 Å². The van der Waals surface area contributed by atoms with E-state index in [4.69, 9.17) is 4.42 Å². The van der Waals surface area contributed by atoms with E-state index < -0.39 is 11.9 Å². The molecule has 0 radical (unpaired) electrons. The molecule has 3 amide bonds. The van der Waals surface area contributed by atoms with Crippen LogP contribution in [0.3, 0.4) is 0 Å². The summed E-state index contributed by atoms with van der Waals surface area (Å²) in [7, 11) is 0. The van der Waals surface area contributed by atoms with Crippen molar-refractivity contribution in [2.75, 3.05) is 5.75 Å². The third kappa shape index (κ3) is 5.35. The standard InChI is InChI=1S/C23H22N4O4S2/c1-14-15(2)33-20-19(14)21(29)27(12-16-7-4-3-5-8-16)23(26-20)32-13-18(28)25-22(30)24-11-17-9-6-10-31-17/h3-10H,11-13H2,1-2H3,(H2,24,25,28,30). The Morgan fingerprint density at radius 2 is 1.94 bits per heavy atom. The first-order valence-electron chi connectivity index (χ1n) is 10.2. The molecule has 0 aliphatic heterocycles. The zero-order valence-electron chi connectivity index (χ0n) is 18.1. The molecule has 4 aromatic rings. The van der Waals surface area contributed by atoms with Crippen LogP contribution in [-0.4, -0.2) is 27.2 Å². The number of carbonyl (C=O) groups excluding carboxylic acids is 2. The maximum absolute atomic E-state index is 13.4. The molecule has 170 valence electrons. The molecule has 10 heteroatoms. The lowest BCUT2D eigenvalue weighted by molar-refractivity contribution is -0.117. The van der Waals surface area contributed by atoms with Gasteiger partial charge in [-0.15, -0.1) is 11.3 Å². The number of imide groups is 1. The molecule has 0 spiro atoms. The van der Waals surface area contributed by atoms with Gasteiger partial charge >= 0.3 is 6.03 Å². The van der Waals surface area contributed by atoms with Gasteiger partial charge in [0.05, 0.1) is 30.5 Å². The largest absolute Gasteiger partial charge is 0.467 e. The minimum atomic E-state index is -0.619. The van der Waals surface area contributed by atoms with Crippen LogP contribution in [0, 0.1) is 13.8 Å². The van der Waals surface area contributed by atoms with Gasteiger partial charge in [-0.1, -0.05) is 42.1 Å². The number of aryl methyl sites for hydroxylation is 2. The van der Waals surface area contributed by atoms with E-state index in [0.717, 1.165) is 27.8 Å². The average molecular weight is 483 g/mol. The summed E-state index contributed by atoms with van der Waals surface area (Å²) in [6.07, 6.45) is 1.51. The molecule has 3 heterocycles. The molecule has 0 bridgehead atoms. The predicted molar refractivity (Wildman–Crippen MR) is 129 cm³/mol. The Balaban J connectivity index is 1.51. The van der Waals surface area contributed by atoms with Gasteiger partial charge < -0.3 is 9.73 Å². The number of aromatic nitrogens is 2. The van der Waals surface area contributed by atoms with Crippen LogP contribution in [0.15, 0.2) is 63.1 Å². The van der Waals surface area contributed by atoms with E-state index in [1.165, 1.54) is 17.6 Å². The van der Waals surface area contributed by atoms with Crippen molar-refractivity contribution < 1.29 is 14.0 Å². The van der Waals surface area contributed by atoms with Gasteiger partial charge in [0.2, 0.25) is 5.91 Å². The lowest BCUT2D eigenvalue weighted by atomic mass is 10.2. The predicted octanol–water partition coefficient (Wildman–Crippen LogP) is 3.83. The number of fused-ring (bicyclic) bond motifs is 1. The molecule has 0 atom stereocenters. The number of thioether (sulfide) groups is 1. The van der Waals surface area contributed by atoms with Crippen LogP contribution in [0.4, 0.5) is 4.79 Å². The fourth-order valence-corrected chi connectivity index (χ4v) is 5.11. The Morgan fingerprint density at radius 3 is 2.67 bits per heavy atom. The molecule has 4 rings (SSSR count). The summed E-state index contributed by atoms with van der Waals surface area (Å²) < 4.78 is 6.73. The quantitative estimate of drug-likeness (QED) is 0.306. The number of amides is 3. The zero-order chi connectivity index (χ0) is 23.4. The highest BCUT2D eigenvalue weighted by molar-refractivity contribution is 7.99. The SMILES string of the molecule is Cc1sc2nc(SCC(=O)NC(=O)NCc3ccco3)n(Cc3ccccc3)c(=O)c2c1C. The van der Waals surface area contributed by atoms with Crippen LogP contribution < -0.4 is 16.2 Å². The number of carbonyl (C=O) groups is 2. The summed E-state index contributed by atoms with van der Waals surface area (Å²) >= 11 is 2.59. The molecular weight excluding hydrogens is 460 g/mol. The number of nitrogens with one attached hydrogen (secondary N) is 2. The monoisotopic (exact) mass is 482 g/mol. The summed E-state index contributed by atoms with van der Waals surface area (Å²) in [5.41, 5.74) is 1.75. The Kier molecular flexibility index (Phi) is 6.95. The van der Waals surface area contributed by atoms with Gasteiger partial charge in [-0.2, -0.15) is 0 Å². The summed E-state index contributed by atoms with van der Waals surface area (Å²) in [4.78, 5) is 44.0. The molecule has 0 fully saturated rings. The van der Waals surface area contributed by atoms with E-state index >= 15 is 0 Å². The number of urea groups is 1. The second-order valence-corrected chi connectivity index (χ2v) is 9.48. The smallest absolute Gasteiger partial charge is 0.321 e. The molecule has 3 aromatic heterocycles. The van der Waals surface area contributed by atoms with Crippen LogP contribution in [-0.2, 0) is 17.9 Å². The third-order valence-electron chi connectivity index (χ3n) is 5.03. The van der Waals surface area contributed by atoms with E-state index in [1.807, 2.05) is 44.2 Å². The fourth-order valence-electron chi connectivity index (χ4n) is 3.24. The van der Waals surface area contributed by atoms with E-state index in [9.17, 15) is 14.4 Å². The van der Waals surface area contributed by atoms with E-state index in [0.29, 0.717) is 27.7 Å². The number of rotatable bonds is 7. The summed E-state index contributed by atoms with van der Waals surface area (Å²) in [6, 6.07) is 12.4. The average Bonchev–Trinajstić information content (AvgIpc) is 3.42. The number of hydrogen-bond donors (Lipinski definition) is 2. The normalized spacial score (nSPS) is 11.0. The Hall–Kier alpha value is -3.37. The molecule has 1 aromatic carbocycles. The van der Waals surface area contributed by atoms with Gasteiger partial charge in [-0.05, 0) is 37.1 Å². The first-order valence-corrected chi connectivity index (χ1v) is 12.0. The summed E-state index contributed by atoms with van der Waals surface area (Å²) in [6.45, 7) is 4.39. The minimum absolute atomic E-state index is 0.0652. The van der Waals surface area contributed by atoms with Crippen molar-refractivity contribution in [3.63, 3.8) is 0 Å². The van der Waals surface area contributed by atoms with Crippen molar-refractivity contribution in [3.8, 4) is 0 Å². The molecule has 33 heavy (non-hydrogen) atoms. The van der Waals surface area contributed by atoms with Gasteiger partial charge in [0.25, 0.3) is 5.56 Å². The van der Waals surface area contributed by atoms with Crippen molar-refractivity contribution >= 4 is 45.3 Å². The van der Waals surface area contributed by atoms with Gasteiger partial charge in [0, 0.05) is 4.88 Å². The molecule has 0 aliphatic rings. The second-order valence-electron chi connectivity index (χ2n) is 7.33. The minimum Gasteiger partial charge on any atom is -0.467 e. The van der Waals surface area contributed by atoms with E-state index in [2.05, 4.69) is 15.6 Å². The van der Waals surface area contributed by atoms with Crippen LogP contribution in [0.2, 0.25) is 0 Å². The molecular formula is C23H22N4O4S2. The second kappa shape index (κ2) is 10.1. The molecule has 0 saturated carbocycles. The first-order chi connectivity index (χ1) is 15.9. The molecule has 2 N–H and O–H groups in total. The molecule has 8 nitrogen and oxygen atoms in total. The third-order valence-corrected chi connectivity index (χ3v) is 7.10. The number of hydrogen-bond acceptors (Lipinski definition) is 7. The maximum atomic E-state index is 13.4. The highest BCUT2D eigenvalue weighted by Gasteiger charge is 2.18. The van der Waals surface area contributed by atoms with E-state index in [-0.39, 0.29) is 17.9 Å². The highest BCUT2D eigenvalue weighted by atomic mass is 32.2. The van der Waals surface area contributed by atoms with Crippen LogP contribution in [0.5, 0.6) is 0 Å². The Bertz CT molecular complexity index is 1340. The topological polar surface area (TPSA) is 106 Å². The van der Waals surface area contributed by atoms with Crippen molar-refractivity contribution in [2.45, 2.75) is 32.1 Å². The van der Waals surface area contributed by atoms with Crippen molar-refractivity contribution in [3.05, 3.63) is 80.8 Å². The summed E-state index contributed by atoms with van der Waals surface area (Å²) in [5, 5.41) is 5.88. The van der Waals surface area contributed by atoms with Crippen LogP contribution >= 0.6 is 23.1 Å². The van der Waals surface area contributed by atoms with Crippen LogP contribution in [0.1, 0.15) is 21.8 Å². The fraction of sp³-hybridized carbons (Fsp3) is 0.217. The van der Waals surface area contributed by atoms with Gasteiger partial charge in [-0.3, -0.25) is 19.5 Å².